The summed E-state index contributed by atoms with van der Waals surface area (Å²) in [5.41, 5.74) is 3.87. The first kappa shape index (κ1) is 13.8. The van der Waals surface area contributed by atoms with Crippen LogP contribution < -0.4 is 0 Å². The van der Waals surface area contributed by atoms with E-state index in [1.54, 1.807) is 4.90 Å². The lowest BCUT2D eigenvalue weighted by Gasteiger charge is -2.26. The summed E-state index contributed by atoms with van der Waals surface area (Å²) in [4.78, 5) is 13.1. The molecule has 1 aliphatic rings. The van der Waals surface area contributed by atoms with Crippen molar-refractivity contribution in [3.63, 3.8) is 0 Å². The number of benzene rings is 1. The van der Waals surface area contributed by atoms with Crippen molar-refractivity contribution in [2.45, 2.75) is 26.2 Å². The van der Waals surface area contributed by atoms with E-state index < -0.39 is 6.61 Å². The molecule has 0 bridgehead atoms. The van der Waals surface area contributed by atoms with E-state index in [9.17, 15) is 4.79 Å². The van der Waals surface area contributed by atoms with Gasteiger partial charge in [0.2, 0.25) is 5.91 Å². The third-order valence-corrected chi connectivity index (χ3v) is 3.65. The van der Waals surface area contributed by atoms with Crippen LogP contribution in [0.15, 0.2) is 30.3 Å². The molecule has 1 N–H and O–H groups in total. The molecule has 102 valence electrons. The summed E-state index contributed by atoms with van der Waals surface area (Å²) >= 11 is 0. The van der Waals surface area contributed by atoms with E-state index >= 15 is 0 Å². The second-order valence-electron chi connectivity index (χ2n) is 5.25. The topological polar surface area (TPSA) is 40.5 Å². The minimum Gasteiger partial charge on any atom is -0.387 e. The van der Waals surface area contributed by atoms with Gasteiger partial charge in [0.25, 0.3) is 0 Å². The summed E-state index contributed by atoms with van der Waals surface area (Å²) in [6, 6.07) is 8.66. The fraction of sp³-hybridized carbons (Fsp3) is 0.438. The SMILES string of the molecule is CC(C)c1ccc(C2=CCN(C(=O)CO)CC2)cc1. The number of carbonyl (C=O) groups excluding carboxylic acids is 1. The van der Waals surface area contributed by atoms with E-state index in [1.165, 1.54) is 16.7 Å². The molecule has 0 spiro atoms. The van der Waals surface area contributed by atoms with Crippen LogP contribution in [0.4, 0.5) is 0 Å². The number of hydrogen-bond acceptors (Lipinski definition) is 2. The molecule has 3 nitrogen and oxygen atoms in total. The Bertz CT molecular complexity index is 474. The normalized spacial score (nSPS) is 15.6. The molecule has 3 heteroatoms. The second kappa shape index (κ2) is 6.02. The molecule has 1 amide bonds. The van der Waals surface area contributed by atoms with Crippen molar-refractivity contribution >= 4 is 11.5 Å². The average Bonchev–Trinajstić information content (AvgIpc) is 2.46. The highest BCUT2D eigenvalue weighted by Gasteiger charge is 2.16. The van der Waals surface area contributed by atoms with Crippen LogP contribution in [0.25, 0.3) is 5.57 Å². The maximum absolute atomic E-state index is 11.4. The molecule has 0 saturated carbocycles. The molecule has 0 radical (unpaired) electrons. The molecule has 0 fully saturated rings. The third-order valence-electron chi connectivity index (χ3n) is 3.65. The van der Waals surface area contributed by atoms with Gasteiger partial charge in [-0.2, -0.15) is 0 Å². The summed E-state index contributed by atoms with van der Waals surface area (Å²) in [7, 11) is 0. The molecule has 0 aliphatic carbocycles. The van der Waals surface area contributed by atoms with E-state index in [1.807, 2.05) is 0 Å². The zero-order valence-electron chi connectivity index (χ0n) is 11.6. The first-order valence-corrected chi connectivity index (χ1v) is 6.80. The number of carbonyl (C=O) groups is 1. The van der Waals surface area contributed by atoms with Crippen molar-refractivity contribution in [2.75, 3.05) is 19.7 Å². The van der Waals surface area contributed by atoms with Crippen LogP contribution >= 0.6 is 0 Å². The van der Waals surface area contributed by atoms with E-state index in [0.29, 0.717) is 19.0 Å². The quantitative estimate of drug-likeness (QED) is 0.905. The Kier molecular flexibility index (Phi) is 4.38. The monoisotopic (exact) mass is 259 g/mol. The maximum Gasteiger partial charge on any atom is 0.248 e. The fourth-order valence-electron chi connectivity index (χ4n) is 2.34. The number of hydrogen-bond donors (Lipinski definition) is 1. The van der Waals surface area contributed by atoms with Gasteiger partial charge in [-0.1, -0.05) is 44.2 Å². The van der Waals surface area contributed by atoms with Crippen molar-refractivity contribution < 1.29 is 9.90 Å². The number of nitrogens with zero attached hydrogens (tertiary/aromatic N) is 1. The van der Waals surface area contributed by atoms with Gasteiger partial charge < -0.3 is 10.0 Å². The Morgan fingerprint density at radius 2 is 2.00 bits per heavy atom. The lowest BCUT2D eigenvalue weighted by Crippen LogP contribution is -2.36. The Morgan fingerprint density at radius 3 is 2.47 bits per heavy atom. The Morgan fingerprint density at radius 1 is 1.32 bits per heavy atom. The van der Waals surface area contributed by atoms with E-state index in [0.717, 1.165) is 6.42 Å². The first-order chi connectivity index (χ1) is 9.11. The van der Waals surface area contributed by atoms with Gasteiger partial charge >= 0.3 is 0 Å². The lowest BCUT2D eigenvalue weighted by atomic mass is 9.96. The fourth-order valence-corrected chi connectivity index (χ4v) is 2.34. The maximum atomic E-state index is 11.4. The molecule has 0 saturated heterocycles. The van der Waals surface area contributed by atoms with Crippen LogP contribution in [0.5, 0.6) is 0 Å². The van der Waals surface area contributed by atoms with Gasteiger partial charge in [0.05, 0.1) is 0 Å². The average molecular weight is 259 g/mol. The van der Waals surface area contributed by atoms with Gasteiger partial charge in [-0.25, -0.2) is 0 Å². The predicted molar refractivity (Wildman–Crippen MR) is 76.8 cm³/mol. The highest BCUT2D eigenvalue weighted by molar-refractivity contribution is 5.79. The van der Waals surface area contributed by atoms with Crippen LogP contribution in [-0.4, -0.2) is 35.6 Å². The molecule has 2 rings (SSSR count). The summed E-state index contributed by atoms with van der Waals surface area (Å²) < 4.78 is 0. The molecule has 1 heterocycles. The van der Waals surface area contributed by atoms with E-state index in [2.05, 4.69) is 44.2 Å². The molecule has 0 unspecified atom stereocenters. The van der Waals surface area contributed by atoms with Gasteiger partial charge in [-0.05, 0) is 29.0 Å². The number of aliphatic hydroxyl groups is 1. The molecule has 0 aromatic heterocycles. The van der Waals surface area contributed by atoms with Crippen molar-refractivity contribution in [2.24, 2.45) is 0 Å². The molecule has 19 heavy (non-hydrogen) atoms. The van der Waals surface area contributed by atoms with Gasteiger partial charge in [0, 0.05) is 13.1 Å². The largest absolute Gasteiger partial charge is 0.387 e. The van der Waals surface area contributed by atoms with Crippen LogP contribution in [-0.2, 0) is 4.79 Å². The van der Waals surface area contributed by atoms with E-state index in [-0.39, 0.29) is 5.91 Å². The minimum atomic E-state index is -0.397. The van der Waals surface area contributed by atoms with Crippen molar-refractivity contribution in [1.29, 1.82) is 0 Å². The van der Waals surface area contributed by atoms with Crippen LogP contribution in [0.3, 0.4) is 0 Å². The van der Waals surface area contributed by atoms with Crippen molar-refractivity contribution in [3.8, 4) is 0 Å². The van der Waals surface area contributed by atoms with Gasteiger partial charge in [-0.15, -0.1) is 0 Å². The van der Waals surface area contributed by atoms with Crippen LogP contribution in [0.1, 0.15) is 37.3 Å². The van der Waals surface area contributed by atoms with Crippen molar-refractivity contribution in [1.82, 2.24) is 4.90 Å². The minimum absolute atomic E-state index is 0.189. The molecular formula is C16H21NO2. The van der Waals surface area contributed by atoms with Crippen LogP contribution in [0, 0.1) is 0 Å². The summed E-state index contributed by atoms with van der Waals surface area (Å²) in [6.45, 7) is 5.27. The number of aliphatic hydroxyl groups excluding tert-OH is 1. The number of rotatable bonds is 3. The molecule has 1 aromatic carbocycles. The smallest absolute Gasteiger partial charge is 0.248 e. The van der Waals surface area contributed by atoms with Crippen molar-refractivity contribution in [3.05, 3.63) is 41.5 Å². The highest BCUT2D eigenvalue weighted by Crippen LogP contribution is 2.24. The summed E-state index contributed by atoms with van der Waals surface area (Å²) in [6.07, 6.45) is 2.94. The lowest BCUT2D eigenvalue weighted by molar-refractivity contribution is -0.133. The Balaban J connectivity index is 2.07. The van der Waals surface area contributed by atoms with E-state index in [4.69, 9.17) is 5.11 Å². The third kappa shape index (κ3) is 3.24. The highest BCUT2D eigenvalue weighted by atomic mass is 16.3. The molecule has 1 aromatic rings. The predicted octanol–water partition coefficient (Wildman–Crippen LogP) is 2.42. The standard InChI is InChI=1S/C16H21NO2/c1-12(2)13-3-5-14(6-4-13)15-7-9-17(10-8-15)16(19)11-18/h3-7,12,18H,8-11H2,1-2H3. The number of amides is 1. The molecule has 1 aliphatic heterocycles. The Labute approximate surface area is 114 Å². The summed E-state index contributed by atoms with van der Waals surface area (Å²) in [5.74, 6) is 0.359. The summed E-state index contributed by atoms with van der Waals surface area (Å²) in [5, 5.41) is 8.84. The zero-order valence-corrected chi connectivity index (χ0v) is 11.6. The van der Waals surface area contributed by atoms with Gasteiger partial charge in [-0.3, -0.25) is 4.79 Å². The van der Waals surface area contributed by atoms with Gasteiger partial charge in [0.15, 0.2) is 0 Å². The second-order valence-corrected chi connectivity index (χ2v) is 5.25. The molecule has 0 atom stereocenters. The Hall–Kier alpha value is -1.61. The van der Waals surface area contributed by atoms with Gasteiger partial charge in [0.1, 0.15) is 6.61 Å². The van der Waals surface area contributed by atoms with Crippen LogP contribution in [0.2, 0.25) is 0 Å². The zero-order chi connectivity index (χ0) is 13.8. The molecular weight excluding hydrogens is 238 g/mol. The first-order valence-electron chi connectivity index (χ1n) is 6.80.